The van der Waals surface area contributed by atoms with E-state index >= 15 is 0 Å². The van der Waals surface area contributed by atoms with E-state index in [0.29, 0.717) is 24.9 Å². The summed E-state index contributed by atoms with van der Waals surface area (Å²) in [6.07, 6.45) is -1.74. The number of carbonyl (C=O) groups is 2. The van der Waals surface area contributed by atoms with Crippen molar-refractivity contribution >= 4 is 11.8 Å². The van der Waals surface area contributed by atoms with Gasteiger partial charge in [-0.1, -0.05) is 12.1 Å². The highest BCUT2D eigenvalue weighted by molar-refractivity contribution is 5.84. The summed E-state index contributed by atoms with van der Waals surface area (Å²) >= 11 is 0. The maximum absolute atomic E-state index is 13.0. The van der Waals surface area contributed by atoms with Gasteiger partial charge in [-0.15, -0.1) is 0 Å². The largest absolute Gasteiger partial charge is 0.416 e. The molecule has 1 N–H and O–H groups in total. The third-order valence-corrected chi connectivity index (χ3v) is 5.11. The second kappa shape index (κ2) is 7.29. The van der Waals surface area contributed by atoms with E-state index in [-0.39, 0.29) is 30.2 Å². The van der Waals surface area contributed by atoms with Crippen molar-refractivity contribution in [1.82, 2.24) is 10.2 Å². The number of halogens is 3. The summed E-state index contributed by atoms with van der Waals surface area (Å²) in [5.74, 6) is -0.485. The van der Waals surface area contributed by atoms with Crippen molar-refractivity contribution in [2.45, 2.75) is 44.8 Å². The molecule has 1 saturated heterocycles. The van der Waals surface area contributed by atoms with Crippen molar-refractivity contribution in [2.24, 2.45) is 11.8 Å². The Labute approximate surface area is 150 Å². The lowest BCUT2D eigenvalue weighted by atomic mass is 9.87. The van der Waals surface area contributed by atoms with Gasteiger partial charge in [0.15, 0.2) is 0 Å². The SMILES string of the molecule is CCNC(=O)C1CCC(c2cccc(C(F)(F)F)c2)N(C(=O)C2CC2)C1. The summed E-state index contributed by atoms with van der Waals surface area (Å²) in [5.41, 5.74) is -0.220. The van der Waals surface area contributed by atoms with E-state index in [1.807, 2.05) is 6.92 Å². The van der Waals surface area contributed by atoms with Crippen molar-refractivity contribution in [3.63, 3.8) is 0 Å². The van der Waals surface area contributed by atoms with Crippen LogP contribution in [0, 0.1) is 11.8 Å². The molecule has 2 unspecified atom stereocenters. The first-order chi connectivity index (χ1) is 12.3. The zero-order valence-electron chi connectivity index (χ0n) is 14.7. The topological polar surface area (TPSA) is 49.4 Å². The predicted octanol–water partition coefficient (Wildman–Crippen LogP) is 3.53. The Hall–Kier alpha value is -2.05. The number of amides is 2. The van der Waals surface area contributed by atoms with Crippen molar-refractivity contribution < 1.29 is 22.8 Å². The van der Waals surface area contributed by atoms with Crippen molar-refractivity contribution in [1.29, 1.82) is 0 Å². The molecule has 1 aliphatic carbocycles. The maximum atomic E-state index is 13.0. The molecule has 3 rings (SSSR count). The van der Waals surface area contributed by atoms with Gasteiger partial charge in [0, 0.05) is 19.0 Å². The summed E-state index contributed by atoms with van der Waals surface area (Å²) < 4.78 is 39.1. The molecule has 142 valence electrons. The number of alkyl halides is 3. The molecule has 0 radical (unpaired) electrons. The second-order valence-corrected chi connectivity index (χ2v) is 7.07. The average Bonchev–Trinajstić information content (AvgIpc) is 3.45. The molecule has 7 heteroatoms. The van der Waals surface area contributed by atoms with E-state index in [9.17, 15) is 22.8 Å². The maximum Gasteiger partial charge on any atom is 0.416 e. The van der Waals surface area contributed by atoms with Crippen LogP contribution in [-0.4, -0.2) is 29.8 Å². The molecular formula is C19H23F3N2O2. The van der Waals surface area contributed by atoms with Crippen LogP contribution in [0.5, 0.6) is 0 Å². The summed E-state index contributed by atoms with van der Waals surface area (Å²) in [6, 6.07) is 4.78. The van der Waals surface area contributed by atoms with Crippen LogP contribution in [0.25, 0.3) is 0 Å². The molecule has 1 saturated carbocycles. The van der Waals surface area contributed by atoms with Gasteiger partial charge in [-0.3, -0.25) is 9.59 Å². The Kier molecular flexibility index (Phi) is 5.25. The van der Waals surface area contributed by atoms with Gasteiger partial charge in [-0.05, 0) is 50.3 Å². The van der Waals surface area contributed by atoms with E-state index in [1.165, 1.54) is 6.07 Å². The molecular weight excluding hydrogens is 345 g/mol. The standard InChI is InChI=1S/C19H23F3N2O2/c1-2-23-17(25)14-8-9-16(24(11-14)18(26)12-6-7-12)13-4-3-5-15(10-13)19(20,21)22/h3-5,10,12,14,16H,2,6-9,11H2,1H3,(H,23,25). The van der Waals surface area contributed by atoms with Gasteiger partial charge in [0.05, 0.1) is 17.5 Å². The molecule has 0 spiro atoms. The lowest BCUT2D eigenvalue weighted by molar-refractivity contribution is -0.140. The first kappa shape index (κ1) is 18.7. The van der Waals surface area contributed by atoms with Crippen molar-refractivity contribution in [3.05, 3.63) is 35.4 Å². The zero-order valence-corrected chi connectivity index (χ0v) is 14.7. The van der Waals surface area contributed by atoms with E-state index in [4.69, 9.17) is 0 Å². The van der Waals surface area contributed by atoms with Crippen molar-refractivity contribution in [2.75, 3.05) is 13.1 Å². The Morgan fingerprint density at radius 3 is 2.46 bits per heavy atom. The molecule has 4 nitrogen and oxygen atoms in total. The van der Waals surface area contributed by atoms with Crippen LogP contribution in [0.3, 0.4) is 0 Å². The number of rotatable bonds is 4. The van der Waals surface area contributed by atoms with E-state index in [2.05, 4.69) is 5.32 Å². The molecule has 1 aromatic carbocycles. The molecule has 0 bridgehead atoms. The summed E-state index contributed by atoms with van der Waals surface area (Å²) in [7, 11) is 0. The first-order valence-corrected chi connectivity index (χ1v) is 9.06. The van der Waals surface area contributed by atoms with E-state index < -0.39 is 17.8 Å². The Morgan fingerprint density at radius 2 is 1.85 bits per heavy atom. The molecule has 2 amide bonds. The fraction of sp³-hybridized carbons (Fsp3) is 0.579. The molecule has 26 heavy (non-hydrogen) atoms. The number of hydrogen-bond donors (Lipinski definition) is 1. The molecule has 2 aliphatic rings. The van der Waals surface area contributed by atoms with Gasteiger partial charge in [-0.25, -0.2) is 0 Å². The minimum atomic E-state index is -4.42. The van der Waals surface area contributed by atoms with Gasteiger partial charge in [0.2, 0.25) is 11.8 Å². The molecule has 1 aromatic rings. The monoisotopic (exact) mass is 368 g/mol. The number of hydrogen-bond acceptors (Lipinski definition) is 2. The molecule has 1 aliphatic heterocycles. The lowest BCUT2D eigenvalue weighted by Gasteiger charge is -2.40. The fourth-order valence-corrected chi connectivity index (χ4v) is 3.58. The summed E-state index contributed by atoms with van der Waals surface area (Å²) in [6.45, 7) is 2.62. The highest BCUT2D eigenvalue weighted by Crippen LogP contribution is 2.40. The second-order valence-electron chi connectivity index (χ2n) is 7.07. The van der Waals surface area contributed by atoms with Crippen LogP contribution >= 0.6 is 0 Å². The van der Waals surface area contributed by atoms with Crippen LogP contribution in [0.4, 0.5) is 13.2 Å². The van der Waals surface area contributed by atoms with Crippen LogP contribution in [0.2, 0.25) is 0 Å². The van der Waals surface area contributed by atoms with Crippen LogP contribution in [-0.2, 0) is 15.8 Å². The van der Waals surface area contributed by atoms with Gasteiger partial charge in [-0.2, -0.15) is 13.2 Å². The van der Waals surface area contributed by atoms with Gasteiger partial charge >= 0.3 is 6.18 Å². The third-order valence-electron chi connectivity index (χ3n) is 5.11. The predicted molar refractivity (Wildman–Crippen MR) is 90.0 cm³/mol. The highest BCUT2D eigenvalue weighted by atomic mass is 19.4. The number of benzene rings is 1. The van der Waals surface area contributed by atoms with E-state index in [0.717, 1.165) is 25.0 Å². The minimum Gasteiger partial charge on any atom is -0.356 e. The molecule has 0 aromatic heterocycles. The van der Waals surface area contributed by atoms with Gasteiger partial charge in [0.1, 0.15) is 0 Å². The number of nitrogens with zero attached hydrogens (tertiary/aromatic N) is 1. The summed E-state index contributed by atoms with van der Waals surface area (Å²) in [5, 5.41) is 2.78. The van der Waals surface area contributed by atoms with Crippen LogP contribution < -0.4 is 5.32 Å². The molecule has 1 heterocycles. The average molecular weight is 368 g/mol. The molecule has 2 atom stereocenters. The lowest BCUT2D eigenvalue weighted by Crippen LogP contribution is -2.47. The number of nitrogens with one attached hydrogen (secondary N) is 1. The normalized spacial score (nSPS) is 23.6. The van der Waals surface area contributed by atoms with E-state index in [1.54, 1.807) is 11.0 Å². The number of carbonyl (C=O) groups excluding carboxylic acids is 2. The molecule has 2 fully saturated rings. The number of likely N-dealkylation sites (tertiary alicyclic amines) is 1. The number of piperidine rings is 1. The minimum absolute atomic E-state index is 0.0404. The van der Waals surface area contributed by atoms with Crippen molar-refractivity contribution in [3.8, 4) is 0 Å². The van der Waals surface area contributed by atoms with Gasteiger partial charge in [0.25, 0.3) is 0 Å². The highest BCUT2D eigenvalue weighted by Gasteiger charge is 2.41. The Bertz CT molecular complexity index is 686. The van der Waals surface area contributed by atoms with Gasteiger partial charge < -0.3 is 10.2 Å². The third kappa shape index (κ3) is 4.02. The first-order valence-electron chi connectivity index (χ1n) is 9.06. The fourth-order valence-electron chi connectivity index (χ4n) is 3.58. The van der Waals surface area contributed by atoms with Crippen LogP contribution in [0.15, 0.2) is 24.3 Å². The quantitative estimate of drug-likeness (QED) is 0.884. The Morgan fingerprint density at radius 1 is 1.15 bits per heavy atom. The zero-order chi connectivity index (χ0) is 18.9. The van der Waals surface area contributed by atoms with Crippen LogP contribution in [0.1, 0.15) is 49.8 Å². The Balaban J connectivity index is 1.85. The summed E-state index contributed by atoms with van der Waals surface area (Å²) in [4.78, 5) is 26.5. The smallest absolute Gasteiger partial charge is 0.356 e.